The molecule has 1 aromatic rings. The minimum Gasteiger partial charge on any atom is -0.355 e. The van der Waals surface area contributed by atoms with E-state index in [1.165, 1.54) is 4.88 Å². The van der Waals surface area contributed by atoms with E-state index in [1.807, 2.05) is 13.8 Å². The second-order valence-corrected chi connectivity index (χ2v) is 5.43. The van der Waals surface area contributed by atoms with Crippen LogP contribution in [0.15, 0.2) is 0 Å². The standard InChI is InChI=1S/C11H17N3OS.ClH/c1-7-10(16-8(2)14-7)3-4-13-11(15)9-5-12-6-9;/h9,12H,3-6H2,1-2H3,(H,13,15);1H. The summed E-state index contributed by atoms with van der Waals surface area (Å²) in [6.45, 7) is 6.41. The van der Waals surface area contributed by atoms with Crippen LogP contribution in [-0.2, 0) is 11.2 Å². The SMILES string of the molecule is Cc1nc(C)c(CCNC(=O)C2CNC2)s1.Cl. The number of thiazole rings is 1. The molecule has 6 heteroatoms. The first kappa shape index (κ1) is 14.4. The maximum atomic E-state index is 11.5. The molecule has 1 aliphatic rings. The Morgan fingerprint density at radius 2 is 2.24 bits per heavy atom. The van der Waals surface area contributed by atoms with Crippen molar-refractivity contribution in [2.24, 2.45) is 5.92 Å². The van der Waals surface area contributed by atoms with Crippen LogP contribution in [0.1, 0.15) is 15.6 Å². The van der Waals surface area contributed by atoms with Gasteiger partial charge in [-0.05, 0) is 13.8 Å². The lowest BCUT2D eigenvalue weighted by atomic mass is 10.0. The van der Waals surface area contributed by atoms with Crippen LogP contribution >= 0.6 is 23.7 Å². The molecule has 0 bridgehead atoms. The Kier molecular flexibility index (Phi) is 5.36. The van der Waals surface area contributed by atoms with Crippen molar-refractivity contribution in [2.75, 3.05) is 19.6 Å². The van der Waals surface area contributed by atoms with Crippen molar-refractivity contribution < 1.29 is 4.79 Å². The van der Waals surface area contributed by atoms with Crippen molar-refractivity contribution in [3.63, 3.8) is 0 Å². The maximum Gasteiger partial charge on any atom is 0.225 e. The highest BCUT2D eigenvalue weighted by molar-refractivity contribution is 7.11. The number of hydrogen-bond acceptors (Lipinski definition) is 4. The molecule has 17 heavy (non-hydrogen) atoms. The molecule has 96 valence electrons. The highest BCUT2D eigenvalue weighted by Gasteiger charge is 2.24. The number of amides is 1. The molecule has 1 aliphatic heterocycles. The van der Waals surface area contributed by atoms with Crippen molar-refractivity contribution in [2.45, 2.75) is 20.3 Å². The van der Waals surface area contributed by atoms with Crippen LogP contribution in [0.25, 0.3) is 0 Å². The molecule has 0 unspecified atom stereocenters. The average Bonchev–Trinajstić information content (AvgIpc) is 2.42. The van der Waals surface area contributed by atoms with Gasteiger partial charge in [-0.15, -0.1) is 23.7 Å². The molecule has 0 radical (unpaired) electrons. The predicted octanol–water partition coefficient (Wildman–Crippen LogP) is 1.06. The summed E-state index contributed by atoms with van der Waals surface area (Å²) in [7, 11) is 0. The lowest BCUT2D eigenvalue weighted by molar-refractivity contribution is -0.126. The summed E-state index contributed by atoms with van der Waals surface area (Å²) in [6.07, 6.45) is 0.892. The fourth-order valence-corrected chi connectivity index (χ4v) is 2.66. The van der Waals surface area contributed by atoms with Crippen LogP contribution in [0, 0.1) is 19.8 Å². The highest BCUT2D eigenvalue weighted by Crippen LogP contribution is 2.17. The fraction of sp³-hybridized carbons (Fsp3) is 0.636. The van der Waals surface area contributed by atoms with Gasteiger partial charge in [0.1, 0.15) is 0 Å². The summed E-state index contributed by atoms with van der Waals surface area (Å²) in [5, 5.41) is 7.16. The topological polar surface area (TPSA) is 54.0 Å². The van der Waals surface area contributed by atoms with Gasteiger partial charge in [0, 0.05) is 30.9 Å². The number of carbonyl (C=O) groups is 1. The second kappa shape index (κ2) is 6.33. The number of hydrogen-bond donors (Lipinski definition) is 2. The third kappa shape index (κ3) is 3.66. The molecular formula is C11H18ClN3OS. The summed E-state index contributed by atoms with van der Waals surface area (Å²) in [6, 6.07) is 0. The van der Waals surface area contributed by atoms with Crippen molar-refractivity contribution in [3.05, 3.63) is 15.6 Å². The van der Waals surface area contributed by atoms with Gasteiger partial charge in [0.15, 0.2) is 0 Å². The van der Waals surface area contributed by atoms with Crippen LogP contribution in [0.3, 0.4) is 0 Å². The van der Waals surface area contributed by atoms with Gasteiger partial charge in [0.2, 0.25) is 5.91 Å². The van der Waals surface area contributed by atoms with E-state index in [1.54, 1.807) is 11.3 Å². The van der Waals surface area contributed by atoms with Crippen LogP contribution in [0.2, 0.25) is 0 Å². The van der Waals surface area contributed by atoms with Crippen LogP contribution in [0.5, 0.6) is 0 Å². The molecule has 2 N–H and O–H groups in total. The van der Waals surface area contributed by atoms with Gasteiger partial charge in [-0.1, -0.05) is 0 Å². The Labute approximate surface area is 112 Å². The van der Waals surface area contributed by atoms with Gasteiger partial charge in [0.25, 0.3) is 0 Å². The summed E-state index contributed by atoms with van der Waals surface area (Å²) >= 11 is 1.72. The van der Waals surface area contributed by atoms with Crippen LogP contribution < -0.4 is 10.6 Å². The first-order valence-electron chi connectivity index (χ1n) is 5.58. The number of aryl methyl sites for hydroxylation is 2. The van der Waals surface area contributed by atoms with Crippen molar-refractivity contribution in [3.8, 4) is 0 Å². The minimum atomic E-state index is 0. The van der Waals surface area contributed by atoms with E-state index in [-0.39, 0.29) is 24.2 Å². The molecule has 0 spiro atoms. The van der Waals surface area contributed by atoms with E-state index in [4.69, 9.17) is 0 Å². The Bertz CT molecular complexity index is 390. The van der Waals surface area contributed by atoms with E-state index in [0.717, 1.165) is 36.8 Å². The molecule has 0 atom stereocenters. The highest BCUT2D eigenvalue weighted by atomic mass is 35.5. The summed E-state index contributed by atoms with van der Waals surface area (Å²) in [5.74, 6) is 0.363. The Morgan fingerprint density at radius 1 is 1.53 bits per heavy atom. The van der Waals surface area contributed by atoms with E-state index in [9.17, 15) is 4.79 Å². The van der Waals surface area contributed by atoms with E-state index < -0.39 is 0 Å². The van der Waals surface area contributed by atoms with Gasteiger partial charge < -0.3 is 10.6 Å². The molecule has 4 nitrogen and oxygen atoms in total. The van der Waals surface area contributed by atoms with Gasteiger partial charge >= 0.3 is 0 Å². The third-order valence-corrected chi connectivity index (χ3v) is 3.94. The Hall–Kier alpha value is -0.650. The number of nitrogens with zero attached hydrogens (tertiary/aromatic N) is 1. The Balaban J connectivity index is 0.00000144. The van der Waals surface area contributed by atoms with Gasteiger partial charge in [0.05, 0.1) is 16.6 Å². The van der Waals surface area contributed by atoms with Crippen LogP contribution in [0.4, 0.5) is 0 Å². The monoisotopic (exact) mass is 275 g/mol. The number of aromatic nitrogens is 1. The zero-order valence-electron chi connectivity index (χ0n) is 10.1. The maximum absolute atomic E-state index is 11.5. The normalized spacial score (nSPS) is 14.9. The second-order valence-electron chi connectivity index (χ2n) is 4.14. The first-order valence-corrected chi connectivity index (χ1v) is 6.40. The minimum absolute atomic E-state index is 0. The van der Waals surface area contributed by atoms with Gasteiger partial charge in [-0.3, -0.25) is 4.79 Å². The Morgan fingerprint density at radius 3 is 2.71 bits per heavy atom. The lowest BCUT2D eigenvalue weighted by Gasteiger charge is -2.25. The zero-order chi connectivity index (χ0) is 11.5. The number of carbonyl (C=O) groups excluding carboxylic acids is 1. The zero-order valence-corrected chi connectivity index (χ0v) is 11.7. The van der Waals surface area contributed by atoms with Gasteiger partial charge in [-0.25, -0.2) is 4.98 Å². The molecule has 0 aromatic carbocycles. The van der Waals surface area contributed by atoms with Crippen molar-refractivity contribution in [1.29, 1.82) is 0 Å². The largest absolute Gasteiger partial charge is 0.355 e. The molecule has 1 amide bonds. The quantitative estimate of drug-likeness (QED) is 0.864. The molecule has 2 rings (SSSR count). The van der Waals surface area contributed by atoms with Crippen molar-refractivity contribution >= 4 is 29.7 Å². The average molecular weight is 276 g/mol. The molecule has 0 aliphatic carbocycles. The molecule has 1 aromatic heterocycles. The predicted molar refractivity (Wildman–Crippen MR) is 71.9 cm³/mol. The van der Waals surface area contributed by atoms with Crippen LogP contribution in [-0.4, -0.2) is 30.5 Å². The van der Waals surface area contributed by atoms with E-state index in [2.05, 4.69) is 15.6 Å². The fourth-order valence-electron chi connectivity index (χ4n) is 1.72. The third-order valence-electron chi connectivity index (χ3n) is 2.80. The summed E-state index contributed by atoms with van der Waals surface area (Å²) in [4.78, 5) is 17.2. The molecular weight excluding hydrogens is 258 g/mol. The number of nitrogens with one attached hydrogen (secondary N) is 2. The number of halogens is 1. The van der Waals surface area contributed by atoms with E-state index in [0.29, 0.717) is 0 Å². The smallest absolute Gasteiger partial charge is 0.225 e. The summed E-state index contributed by atoms with van der Waals surface area (Å²) in [5.41, 5.74) is 1.10. The van der Waals surface area contributed by atoms with E-state index >= 15 is 0 Å². The molecule has 0 saturated carbocycles. The lowest BCUT2D eigenvalue weighted by Crippen LogP contribution is -2.51. The first-order chi connectivity index (χ1) is 7.66. The summed E-state index contributed by atoms with van der Waals surface area (Å²) < 4.78 is 0. The number of rotatable bonds is 4. The molecule has 1 fully saturated rings. The van der Waals surface area contributed by atoms with Crippen molar-refractivity contribution in [1.82, 2.24) is 15.6 Å². The molecule has 1 saturated heterocycles. The van der Waals surface area contributed by atoms with Gasteiger partial charge in [-0.2, -0.15) is 0 Å². The molecule has 2 heterocycles.